The summed E-state index contributed by atoms with van der Waals surface area (Å²) in [6.07, 6.45) is 2.33. The highest BCUT2D eigenvalue weighted by Gasteiger charge is 2.09. The molecule has 0 unspecified atom stereocenters. The molecule has 0 radical (unpaired) electrons. The van der Waals surface area contributed by atoms with E-state index in [-0.39, 0.29) is 24.0 Å². The molecule has 0 aliphatic carbocycles. The topological polar surface area (TPSA) is 88.2 Å². The van der Waals surface area contributed by atoms with Gasteiger partial charge in [0.1, 0.15) is 5.69 Å². The van der Waals surface area contributed by atoms with Gasteiger partial charge >= 0.3 is 0 Å². The summed E-state index contributed by atoms with van der Waals surface area (Å²) in [5.74, 6) is 1.82. The molecule has 7 nitrogen and oxygen atoms in total. The predicted octanol–water partition coefficient (Wildman–Crippen LogP) is 2.72. The average molecular weight is 470 g/mol. The lowest BCUT2D eigenvalue weighted by molar-refractivity contribution is 0.421. The number of rotatable bonds is 6. The van der Waals surface area contributed by atoms with E-state index in [1.54, 1.807) is 24.6 Å². The second-order valence-electron chi connectivity index (χ2n) is 4.91. The highest BCUT2D eigenvalue weighted by atomic mass is 127. The lowest BCUT2D eigenvalue weighted by atomic mass is 10.3. The zero-order valence-electron chi connectivity index (χ0n) is 13.7. The van der Waals surface area contributed by atoms with Gasteiger partial charge in [0.15, 0.2) is 11.8 Å². The SMILES string of the molecule is CN=C(NCCc1noc(-c2ccccn2)n1)NCc1cccs1.I. The molecular formula is C16H19IN6OS. The van der Waals surface area contributed by atoms with Crippen LogP contribution in [0, 0.1) is 0 Å². The van der Waals surface area contributed by atoms with Crippen molar-refractivity contribution in [1.29, 1.82) is 0 Å². The first kappa shape index (κ1) is 19.3. The Kier molecular flexibility index (Phi) is 7.79. The van der Waals surface area contributed by atoms with Gasteiger partial charge in [0.25, 0.3) is 5.89 Å². The van der Waals surface area contributed by atoms with Crippen molar-refractivity contribution in [2.75, 3.05) is 13.6 Å². The third-order valence-corrected chi connectivity index (χ3v) is 4.10. The summed E-state index contributed by atoms with van der Waals surface area (Å²) in [6, 6.07) is 9.69. The van der Waals surface area contributed by atoms with Crippen LogP contribution in [0.1, 0.15) is 10.7 Å². The molecule has 0 atom stereocenters. The molecule has 0 saturated heterocycles. The van der Waals surface area contributed by atoms with Crippen LogP contribution in [0.3, 0.4) is 0 Å². The van der Waals surface area contributed by atoms with Crippen LogP contribution in [0.25, 0.3) is 11.6 Å². The molecule has 3 aromatic heterocycles. The molecule has 3 heterocycles. The van der Waals surface area contributed by atoms with E-state index in [0.717, 1.165) is 12.5 Å². The molecule has 2 N–H and O–H groups in total. The maximum atomic E-state index is 5.24. The molecule has 3 rings (SSSR count). The highest BCUT2D eigenvalue weighted by molar-refractivity contribution is 14.0. The Bertz CT molecular complexity index is 775. The summed E-state index contributed by atoms with van der Waals surface area (Å²) in [5.41, 5.74) is 0.678. The molecule has 3 aromatic rings. The van der Waals surface area contributed by atoms with Crippen LogP contribution in [0.5, 0.6) is 0 Å². The minimum Gasteiger partial charge on any atom is -0.356 e. The third kappa shape index (κ3) is 5.78. The molecule has 25 heavy (non-hydrogen) atoms. The largest absolute Gasteiger partial charge is 0.356 e. The molecule has 0 saturated carbocycles. The monoisotopic (exact) mass is 470 g/mol. The van der Waals surface area contributed by atoms with Crippen LogP contribution in [0.15, 0.2) is 51.4 Å². The van der Waals surface area contributed by atoms with Gasteiger partial charge in [-0.25, -0.2) is 0 Å². The van der Waals surface area contributed by atoms with Crippen molar-refractivity contribution in [3.8, 4) is 11.6 Å². The molecule has 0 aliphatic rings. The van der Waals surface area contributed by atoms with E-state index >= 15 is 0 Å². The number of pyridine rings is 1. The number of aromatic nitrogens is 3. The van der Waals surface area contributed by atoms with E-state index in [0.29, 0.717) is 30.4 Å². The van der Waals surface area contributed by atoms with Crippen LogP contribution in [-0.4, -0.2) is 34.7 Å². The van der Waals surface area contributed by atoms with Crippen LogP contribution in [0.2, 0.25) is 0 Å². The van der Waals surface area contributed by atoms with Gasteiger partial charge in [0, 0.05) is 31.1 Å². The van der Waals surface area contributed by atoms with Crippen molar-refractivity contribution in [2.24, 2.45) is 4.99 Å². The number of halogens is 1. The van der Waals surface area contributed by atoms with Crippen molar-refractivity contribution in [2.45, 2.75) is 13.0 Å². The smallest absolute Gasteiger partial charge is 0.276 e. The maximum absolute atomic E-state index is 5.24. The first-order chi connectivity index (χ1) is 11.8. The van der Waals surface area contributed by atoms with Crippen LogP contribution in [0.4, 0.5) is 0 Å². The van der Waals surface area contributed by atoms with Crippen LogP contribution in [-0.2, 0) is 13.0 Å². The number of thiophene rings is 1. The summed E-state index contributed by atoms with van der Waals surface area (Å²) in [6.45, 7) is 1.41. The van der Waals surface area contributed by atoms with Crippen molar-refractivity contribution >= 4 is 41.3 Å². The Hall–Kier alpha value is -2.01. The van der Waals surface area contributed by atoms with Gasteiger partial charge in [0.05, 0.1) is 6.54 Å². The zero-order chi connectivity index (χ0) is 16.6. The number of hydrogen-bond acceptors (Lipinski definition) is 6. The second kappa shape index (κ2) is 10.1. The van der Waals surface area contributed by atoms with Gasteiger partial charge in [-0.05, 0) is 23.6 Å². The molecule has 0 spiro atoms. The summed E-state index contributed by atoms with van der Waals surface area (Å²) in [5, 5.41) is 12.5. The second-order valence-corrected chi connectivity index (χ2v) is 5.94. The van der Waals surface area contributed by atoms with Gasteiger partial charge in [-0.1, -0.05) is 17.3 Å². The summed E-state index contributed by atoms with van der Waals surface area (Å²) < 4.78 is 5.24. The molecule has 0 bridgehead atoms. The number of guanidine groups is 1. The fraction of sp³-hybridized carbons (Fsp3) is 0.250. The number of hydrogen-bond donors (Lipinski definition) is 2. The summed E-state index contributed by atoms with van der Waals surface area (Å²) in [4.78, 5) is 14.0. The van der Waals surface area contributed by atoms with Crippen LogP contribution >= 0.6 is 35.3 Å². The minimum atomic E-state index is 0. The quantitative estimate of drug-likeness (QED) is 0.327. The van der Waals surface area contributed by atoms with Crippen LogP contribution < -0.4 is 10.6 Å². The van der Waals surface area contributed by atoms with Gasteiger partial charge in [-0.15, -0.1) is 35.3 Å². The Balaban J connectivity index is 0.00000225. The number of nitrogens with one attached hydrogen (secondary N) is 2. The van der Waals surface area contributed by atoms with Crippen molar-refractivity contribution in [1.82, 2.24) is 25.8 Å². The Labute approximate surface area is 167 Å². The third-order valence-electron chi connectivity index (χ3n) is 3.23. The van der Waals surface area contributed by atoms with E-state index in [1.807, 2.05) is 24.3 Å². The number of nitrogens with zero attached hydrogens (tertiary/aromatic N) is 4. The van der Waals surface area contributed by atoms with Crippen molar-refractivity contribution < 1.29 is 4.52 Å². The normalized spacial score (nSPS) is 11.0. The molecule has 132 valence electrons. The first-order valence-electron chi connectivity index (χ1n) is 7.56. The summed E-state index contributed by atoms with van der Waals surface area (Å²) in [7, 11) is 1.75. The molecular weight excluding hydrogens is 451 g/mol. The van der Waals surface area contributed by atoms with E-state index in [2.05, 4.69) is 42.2 Å². The van der Waals surface area contributed by atoms with Gasteiger partial charge in [-0.3, -0.25) is 9.98 Å². The Morgan fingerprint density at radius 3 is 2.88 bits per heavy atom. The Morgan fingerprint density at radius 2 is 2.16 bits per heavy atom. The van der Waals surface area contributed by atoms with Crippen molar-refractivity contribution in [3.05, 3.63) is 52.6 Å². The fourth-order valence-corrected chi connectivity index (χ4v) is 2.69. The van der Waals surface area contributed by atoms with Gasteiger partial charge in [0.2, 0.25) is 0 Å². The molecule has 0 amide bonds. The van der Waals surface area contributed by atoms with Crippen molar-refractivity contribution in [3.63, 3.8) is 0 Å². The first-order valence-corrected chi connectivity index (χ1v) is 8.44. The minimum absolute atomic E-state index is 0. The fourth-order valence-electron chi connectivity index (χ4n) is 2.05. The highest BCUT2D eigenvalue weighted by Crippen LogP contribution is 2.13. The van der Waals surface area contributed by atoms with E-state index in [1.165, 1.54) is 4.88 Å². The zero-order valence-corrected chi connectivity index (χ0v) is 16.8. The van der Waals surface area contributed by atoms with E-state index in [9.17, 15) is 0 Å². The average Bonchev–Trinajstić information content (AvgIpc) is 3.30. The van der Waals surface area contributed by atoms with Gasteiger partial charge in [-0.2, -0.15) is 4.98 Å². The molecule has 0 aliphatic heterocycles. The van der Waals surface area contributed by atoms with Gasteiger partial charge < -0.3 is 15.2 Å². The summed E-state index contributed by atoms with van der Waals surface area (Å²) >= 11 is 1.71. The Morgan fingerprint density at radius 1 is 1.24 bits per heavy atom. The van der Waals surface area contributed by atoms with E-state index < -0.39 is 0 Å². The predicted molar refractivity (Wildman–Crippen MR) is 109 cm³/mol. The molecule has 9 heteroatoms. The lowest BCUT2D eigenvalue weighted by Gasteiger charge is -2.10. The van der Waals surface area contributed by atoms with E-state index in [4.69, 9.17) is 4.52 Å². The standard InChI is InChI=1S/C16H18N6OS.HI/c1-17-16(20-11-12-5-4-10-24-12)19-9-7-14-21-15(23-22-14)13-6-2-3-8-18-13;/h2-6,8,10H,7,9,11H2,1H3,(H2,17,19,20);1H. The lowest BCUT2D eigenvalue weighted by Crippen LogP contribution is -2.37. The molecule has 0 aromatic carbocycles. The number of aliphatic imine (C=N–C) groups is 1. The molecule has 0 fully saturated rings. The maximum Gasteiger partial charge on any atom is 0.276 e.